The van der Waals surface area contributed by atoms with Crippen molar-refractivity contribution in [1.29, 1.82) is 0 Å². The highest BCUT2D eigenvalue weighted by atomic mass is 15.1. The molecule has 1 aliphatic heterocycles. The maximum absolute atomic E-state index is 3.81. The third kappa shape index (κ3) is 3.46. The first-order valence-electron chi connectivity index (χ1n) is 7.19. The Balaban J connectivity index is 1.64. The van der Waals surface area contributed by atoms with Gasteiger partial charge in [-0.15, -0.1) is 0 Å². The maximum atomic E-state index is 3.81. The molecule has 1 heterocycles. The number of piperidine rings is 1. The van der Waals surface area contributed by atoms with E-state index in [4.69, 9.17) is 0 Å². The zero-order chi connectivity index (χ0) is 11.4. The van der Waals surface area contributed by atoms with Crippen LogP contribution < -0.4 is 5.32 Å². The fraction of sp³-hybridized carbons (Fsp3) is 1.00. The number of hydrogen-bond acceptors (Lipinski definition) is 2. The zero-order valence-corrected chi connectivity index (χ0v) is 11.0. The molecule has 0 amide bonds. The highest BCUT2D eigenvalue weighted by Gasteiger charge is 2.24. The van der Waals surface area contributed by atoms with Gasteiger partial charge in [0.2, 0.25) is 0 Å². The van der Waals surface area contributed by atoms with Crippen LogP contribution >= 0.6 is 0 Å². The normalized spacial score (nSPS) is 36.8. The van der Waals surface area contributed by atoms with Crippen molar-refractivity contribution in [3.8, 4) is 0 Å². The third-order valence-electron chi connectivity index (χ3n) is 4.54. The highest BCUT2D eigenvalue weighted by Crippen LogP contribution is 2.28. The van der Waals surface area contributed by atoms with Crippen LogP contribution in [0.4, 0.5) is 0 Å². The Morgan fingerprint density at radius 3 is 2.75 bits per heavy atom. The number of nitrogens with one attached hydrogen (secondary N) is 1. The summed E-state index contributed by atoms with van der Waals surface area (Å²) in [7, 11) is 2.26. The van der Waals surface area contributed by atoms with Crippen molar-refractivity contribution in [2.24, 2.45) is 11.8 Å². The van der Waals surface area contributed by atoms with Crippen molar-refractivity contribution >= 4 is 0 Å². The van der Waals surface area contributed by atoms with E-state index in [0.717, 1.165) is 17.9 Å². The van der Waals surface area contributed by atoms with Crippen LogP contribution in [0.3, 0.4) is 0 Å². The molecule has 1 saturated carbocycles. The summed E-state index contributed by atoms with van der Waals surface area (Å²) in [4.78, 5) is 2.49. The molecule has 1 saturated heterocycles. The van der Waals surface area contributed by atoms with Gasteiger partial charge >= 0.3 is 0 Å². The van der Waals surface area contributed by atoms with E-state index in [1.165, 1.54) is 58.2 Å². The Hall–Kier alpha value is -0.0800. The zero-order valence-electron chi connectivity index (χ0n) is 11.0. The molecule has 1 aliphatic carbocycles. The molecule has 0 aromatic carbocycles. The molecule has 94 valence electrons. The van der Waals surface area contributed by atoms with Crippen molar-refractivity contribution in [1.82, 2.24) is 10.2 Å². The summed E-state index contributed by atoms with van der Waals surface area (Å²) in [5.74, 6) is 1.91. The van der Waals surface area contributed by atoms with E-state index in [9.17, 15) is 0 Å². The summed E-state index contributed by atoms with van der Waals surface area (Å²) >= 11 is 0. The van der Waals surface area contributed by atoms with Gasteiger partial charge < -0.3 is 10.2 Å². The lowest BCUT2D eigenvalue weighted by molar-refractivity contribution is 0.202. The minimum atomic E-state index is 0.831. The number of likely N-dealkylation sites (tertiary alicyclic amines) is 1. The molecule has 2 nitrogen and oxygen atoms in total. The predicted molar refractivity (Wildman–Crippen MR) is 69.6 cm³/mol. The Bertz CT molecular complexity index is 205. The van der Waals surface area contributed by atoms with Gasteiger partial charge in [-0.25, -0.2) is 0 Å². The quantitative estimate of drug-likeness (QED) is 0.789. The van der Waals surface area contributed by atoms with Crippen LogP contribution in [0.15, 0.2) is 0 Å². The van der Waals surface area contributed by atoms with Crippen LogP contribution in [-0.2, 0) is 0 Å². The molecule has 1 N–H and O–H groups in total. The van der Waals surface area contributed by atoms with Gasteiger partial charge in [-0.05, 0) is 64.1 Å². The smallest absolute Gasteiger partial charge is 0.00699 e. The van der Waals surface area contributed by atoms with Crippen LogP contribution in [0.2, 0.25) is 0 Å². The van der Waals surface area contributed by atoms with Crippen molar-refractivity contribution in [2.45, 2.75) is 51.5 Å². The summed E-state index contributed by atoms with van der Waals surface area (Å²) in [6.45, 7) is 6.20. The lowest BCUT2D eigenvalue weighted by Crippen LogP contribution is -2.39. The summed E-state index contributed by atoms with van der Waals surface area (Å²) in [5.41, 5.74) is 0. The summed E-state index contributed by atoms with van der Waals surface area (Å²) < 4.78 is 0. The topological polar surface area (TPSA) is 15.3 Å². The molecule has 16 heavy (non-hydrogen) atoms. The average Bonchev–Trinajstić information content (AvgIpc) is 2.74. The van der Waals surface area contributed by atoms with E-state index in [1.807, 2.05) is 0 Å². The highest BCUT2D eigenvalue weighted by molar-refractivity contribution is 4.82. The van der Waals surface area contributed by atoms with E-state index in [1.54, 1.807) is 0 Å². The molecule has 2 heteroatoms. The second kappa shape index (κ2) is 6.02. The van der Waals surface area contributed by atoms with Crippen molar-refractivity contribution in [3.05, 3.63) is 0 Å². The van der Waals surface area contributed by atoms with Gasteiger partial charge in [-0.3, -0.25) is 0 Å². The van der Waals surface area contributed by atoms with Gasteiger partial charge in [0.1, 0.15) is 0 Å². The van der Waals surface area contributed by atoms with Crippen LogP contribution in [0.5, 0.6) is 0 Å². The van der Waals surface area contributed by atoms with Gasteiger partial charge in [0.15, 0.2) is 0 Å². The standard InChI is InChI=1S/C14H28N2/c1-3-12-6-7-14(9-12)15-10-13-5-4-8-16(2)11-13/h12-15H,3-11H2,1-2H3. The van der Waals surface area contributed by atoms with Crippen molar-refractivity contribution in [3.63, 3.8) is 0 Å². The van der Waals surface area contributed by atoms with Gasteiger partial charge in [0.25, 0.3) is 0 Å². The predicted octanol–water partition coefficient (Wildman–Crippen LogP) is 2.50. The fourth-order valence-electron chi connectivity index (χ4n) is 3.40. The van der Waals surface area contributed by atoms with E-state index < -0.39 is 0 Å². The fourth-order valence-corrected chi connectivity index (χ4v) is 3.40. The molecule has 2 aliphatic rings. The van der Waals surface area contributed by atoms with E-state index >= 15 is 0 Å². The lowest BCUT2D eigenvalue weighted by atomic mass is 9.98. The second-order valence-corrected chi connectivity index (χ2v) is 5.96. The summed E-state index contributed by atoms with van der Waals surface area (Å²) in [5, 5.41) is 3.81. The van der Waals surface area contributed by atoms with E-state index in [2.05, 4.69) is 24.2 Å². The van der Waals surface area contributed by atoms with Crippen LogP contribution in [0, 0.1) is 11.8 Å². The van der Waals surface area contributed by atoms with Crippen molar-refractivity contribution < 1.29 is 0 Å². The largest absolute Gasteiger partial charge is 0.314 e. The first kappa shape index (κ1) is 12.4. The number of hydrogen-bond donors (Lipinski definition) is 1. The van der Waals surface area contributed by atoms with E-state index in [-0.39, 0.29) is 0 Å². The molecular formula is C14H28N2. The molecule has 0 bridgehead atoms. The molecule has 2 rings (SSSR count). The molecule has 0 aromatic rings. The van der Waals surface area contributed by atoms with Gasteiger partial charge in [0.05, 0.1) is 0 Å². The number of nitrogens with zero attached hydrogens (tertiary/aromatic N) is 1. The van der Waals surface area contributed by atoms with Crippen LogP contribution in [-0.4, -0.2) is 37.6 Å². The maximum Gasteiger partial charge on any atom is 0.00699 e. The molecular weight excluding hydrogens is 196 g/mol. The monoisotopic (exact) mass is 224 g/mol. The van der Waals surface area contributed by atoms with Gasteiger partial charge in [0, 0.05) is 12.6 Å². The molecule has 0 aromatic heterocycles. The average molecular weight is 224 g/mol. The van der Waals surface area contributed by atoms with E-state index in [0.29, 0.717) is 0 Å². The Morgan fingerprint density at radius 2 is 2.06 bits per heavy atom. The molecule has 3 atom stereocenters. The second-order valence-electron chi connectivity index (χ2n) is 5.96. The SMILES string of the molecule is CCC1CCC(NCC2CCCN(C)C2)C1. The molecule has 2 fully saturated rings. The minimum absolute atomic E-state index is 0.831. The summed E-state index contributed by atoms with van der Waals surface area (Å²) in [6.07, 6.45) is 8.51. The van der Waals surface area contributed by atoms with Gasteiger partial charge in [-0.1, -0.05) is 13.3 Å². The molecule has 3 unspecified atom stereocenters. The first-order valence-corrected chi connectivity index (χ1v) is 7.19. The molecule has 0 spiro atoms. The number of rotatable bonds is 4. The van der Waals surface area contributed by atoms with Crippen LogP contribution in [0.1, 0.15) is 45.4 Å². The Labute approximate surface area is 101 Å². The van der Waals surface area contributed by atoms with Crippen LogP contribution in [0.25, 0.3) is 0 Å². The molecule has 0 radical (unpaired) electrons. The van der Waals surface area contributed by atoms with Gasteiger partial charge in [-0.2, -0.15) is 0 Å². The summed E-state index contributed by atoms with van der Waals surface area (Å²) in [6, 6.07) is 0.831. The lowest BCUT2D eigenvalue weighted by Gasteiger charge is -2.30. The Morgan fingerprint density at radius 1 is 1.19 bits per heavy atom. The van der Waals surface area contributed by atoms with Crippen molar-refractivity contribution in [2.75, 3.05) is 26.7 Å². The first-order chi connectivity index (χ1) is 7.78. The Kier molecular flexibility index (Phi) is 4.66. The minimum Gasteiger partial charge on any atom is -0.314 e. The third-order valence-corrected chi connectivity index (χ3v) is 4.54.